The van der Waals surface area contributed by atoms with Crippen LogP contribution in [0.15, 0.2) is 57.6 Å². The molecule has 0 saturated carbocycles. The molecule has 28 heavy (non-hydrogen) atoms. The smallest absolute Gasteiger partial charge is 0.192 e. The molecule has 0 atom stereocenters. The Bertz CT molecular complexity index is 1040. The molecule has 0 aliphatic heterocycles. The van der Waals surface area contributed by atoms with Crippen molar-refractivity contribution in [2.45, 2.75) is 44.1 Å². The number of nitrogens with zero attached hydrogens (tertiary/aromatic N) is 4. The molecule has 3 aromatic heterocycles. The van der Waals surface area contributed by atoms with E-state index < -0.39 is 0 Å². The van der Waals surface area contributed by atoms with Crippen molar-refractivity contribution < 1.29 is 4.42 Å². The summed E-state index contributed by atoms with van der Waals surface area (Å²) < 4.78 is 7.66. The predicted octanol–water partition coefficient (Wildman–Crippen LogP) is 5.60. The maximum absolute atomic E-state index is 5.49. The lowest BCUT2D eigenvalue weighted by Gasteiger charge is -2.10. The van der Waals surface area contributed by atoms with Gasteiger partial charge in [0.1, 0.15) is 5.76 Å². The van der Waals surface area contributed by atoms with Crippen molar-refractivity contribution in [1.29, 1.82) is 0 Å². The van der Waals surface area contributed by atoms with Crippen LogP contribution in [0, 0.1) is 6.92 Å². The van der Waals surface area contributed by atoms with Gasteiger partial charge in [-0.2, -0.15) is 0 Å². The SMILES string of the molecule is CCCc1nc(CSc2nnc(-c3ccoc3C)n2Cc2ccccc2)cs1. The molecular formula is C21H22N4OS2. The summed E-state index contributed by atoms with van der Waals surface area (Å²) in [6.07, 6.45) is 3.87. The number of aromatic nitrogens is 4. The third-order valence-corrected chi connectivity index (χ3v) is 6.37. The van der Waals surface area contributed by atoms with Gasteiger partial charge in [-0.25, -0.2) is 4.98 Å². The van der Waals surface area contributed by atoms with Crippen LogP contribution in [0.4, 0.5) is 0 Å². The van der Waals surface area contributed by atoms with Gasteiger partial charge in [-0.15, -0.1) is 21.5 Å². The van der Waals surface area contributed by atoms with E-state index in [4.69, 9.17) is 9.40 Å². The fourth-order valence-corrected chi connectivity index (χ4v) is 4.84. The number of aryl methyl sites for hydroxylation is 2. The number of thioether (sulfide) groups is 1. The van der Waals surface area contributed by atoms with Crippen LogP contribution in [-0.4, -0.2) is 19.7 Å². The Kier molecular flexibility index (Phi) is 5.92. The molecular weight excluding hydrogens is 388 g/mol. The highest BCUT2D eigenvalue weighted by atomic mass is 32.2. The summed E-state index contributed by atoms with van der Waals surface area (Å²) in [6, 6.07) is 12.3. The summed E-state index contributed by atoms with van der Waals surface area (Å²) in [5.41, 5.74) is 3.30. The number of thiazole rings is 1. The Labute approximate surface area is 172 Å². The predicted molar refractivity (Wildman–Crippen MR) is 114 cm³/mol. The Morgan fingerprint density at radius 2 is 2.00 bits per heavy atom. The van der Waals surface area contributed by atoms with Crippen LogP contribution in [0.25, 0.3) is 11.4 Å². The first kappa shape index (κ1) is 19.0. The van der Waals surface area contributed by atoms with Gasteiger partial charge in [0.15, 0.2) is 11.0 Å². The first-order chi connectivity index (χ1) is 13.7. The van der Waals surface area contributed by atoms with Gasteiger partial charge in [-0.3, -0.25) is 4.57 Å². The van der Waals surface area contributed by atoms with Crippen LogP contribution in [0.2, 0.25) is 0 Å². The zero-order chi connectivity index (χ0) is 19.3. The number of hydrogen-bond acceptors (Lipinski definition) is 6. The van der Waals surface area contributed by atoms with Crippen LogP contribution in [0.1, 0.15) is 35.4 Å². The van der Waals surface area contributed by atoms with Gasteiger partial charge in [0.2, 0.25) is 0 Å². The Hall–Kier alpha value is -2.38. The summed E-state index contributed by atoms with van der Waals surface area (Å²) in [5, 5.41) is 13.2. The van der Waals surface area contributed by atoms with Crippen LogP contribution in [0.5, 0.6) is 0 Å². The van der Waals surface area contributed by atoms with Gasteiger partial charge in [0.25, 0.3) is 0 Å². The molecule has 4 rings (SSSR count). The van der Waals surface area contributed by atoms with Crippen molar-refractivity contribution in [1.82, 2.24) is 19.7 Å². The van der Waals surface area contributed by atoms with Gasteiger partial charge in [0, 0.05) is 11.1 Å². The monoisotopic (exact) mass is 410 g/mol. The molecule has 0 unspecified atom stereocenters. The van der Waals surface area contributed by atoms with E-state index in [1.807, 2.05) is 19.1 Å². The fourth-order valence-electron chi connectivity index (χ4n) is 3.00. The van der Waals surface area contributed by atoms with E-state index >= 15 is 0 Å². The number of hydrogen-bond donors (Lipinski definition) is 0. The van der Waals surface area contributed by atoms with Crippen LogP contribution >= 0.6 is 23.1 Å². The molecule has 0 aliphatic rings. The standard InChI is InChI=1S/C21H22N4OS2/c1-3-7-19-22-17(13-27-19)14-28-21-24-23-20(18-10-11-26-15(18)2)25(21)12-16-8-5-4-6-9-16/h4-6,8-11,13H,3,7,12,14H2,1-2H3. The molecule has 4 aromatic rings. The Balaban J connectivity index is 1.60. The topological polar surface area (TPSA) is 56.7 Å². The quantitative estimate of drug-likeness (QED) is 0.354. The summed E-state index contributed by atoms with van der Waals surface area (Å²) in [6.45, 7) is 4.85. The summed E-state index contributed by atoms with van der Waals surface area (Å²) in [4.78, 5) is 4.72. The largest absolute Gasteiger partial charge is 0.469 e. The molecule has 0 radical (unpaired) electrons. The molecule has 144 valence electrons. The van der Waals surface area contributed by atoms with Crippen molar-refractivity contribution in [3.8, 4) is 11.4 Å². The summed E-state index contributed by atoms with van der Waals surface area (Å²) in [7, 11) is 0. The third kappa shape index (κ3) is 4.20. The summed E-state index contributed by atoms with van der Waals surface area (Å²) >= 11 is 3.42. The number of rotatable bonds is 8. The number of benzene rings is 1. The Morgan fingerprint density at radius 3 is 2.75 bits per heavy atom. The third-order valence-electron chi connectivity index (χ3n) is 4.41. The zero-order valence-corrected chi connectivity index (χ0v) is 17.6. The normalized spacial score (nSPS) is 11.2. The van der Waals surface area contributed by atoms with Crippen molar-refractivity contribution in [3.63, 3.8) is 0 Å². The van der Waals surface area contributed by atoms with Gasteiger partial charge in [-0.05, 0) is 31.4 Å². The van der Waals surface area contributed by atoms with E-state index in [0.717, 1.165) is 46.6 Å². The first-order valence-corrected chi connectivity index (χ1v) is 11.2. The van der Waals surface area contributed by atoms with Gasteiger partial charge >= 0.3 is 0 Å². The highest BCUT2D eigenvalue weighted by molar-refractivity contribution is 7.98. The second kappa shape index (κ2) is 8.75. The van der Waals surface area contributed by atoms with E-state index in [-0.39, 0.29) is 0 Å². The Morgan fingerprint density at radius 1 is 1.14 bits per heavy atom. The van der Waals surface area contributed by atoms with Crippen LogP contribution in [0.3, 0.4) is 0 Å². The van der Waals surface area contributed by atoms with Crippen LogP contribution in [-0.2, 0) is 18.7 Å². The second-order valence-electron chi connectivity index (χ2n) is 6.54. The minimum absolute atomic E-state index is 0.717. The number of furan rings is 1. The highest BCUT2D eigenvalue weighted by Gasteiger charge is 2.18. The van der Waals surface area contributed by atoms with Crippen molar-refractivity contribution in [2.75, 3.05) is 0 Å². The maximum Gasteiger partial charge on any atom is 0.192 e. The molecule has 3 heterocycles. The lowest BCUT2D eigenvalue weighted by Crippen LogP contribution is -2.04. The van der Waals surface area contributed by atoms with Crippen molar-refractivity contribution >= 4 is 23.1 Å². The van der Waals surface area contributed by atoms with E-state index in [0.29, 0.717) is 6.54 Å². The highest BCUT2D eigenvalue weighted by Crippen LogP contribution is 2.29. The van der Waals surface area contributed by atoms with E-state index in [2.05, 4.69) is 51.3 Å². The molecule has 0 bridgehead atoms. The zero-order valence-electron chi connectivity index (χ0n) is 16.0. The average molecular weight is 411 g/mol. The fraction of sp³-hybridized carbons (Fsp3) is 0.286. The maximum atomic E-state index is 5.49. The minimum Gasteiger partial charge on any atom is -0.469 e. The minimum atomic E-state index is 0.717. The lowest BCUT2D eigenvalue weighted by molar-refractivity contribution is 0.534. The van der Waals surface area contributed by atoms with Crippen molar-refractivity contribution in [3.05, 3.63) is 70.1 Å². The van der Waals surface area contributed by atoms with Gasteiger partial charge in [-0.1, -0.05) is 49.0 Å². The lowest BCUT2D eigenvalue weighted by atomic mass is 10.2. The first-order valence-electron chi connectivity index (χ1n) is 9.32. The average Bonchev–Trinajstić information content (AvgIpc) is 3.42. The van der Waals surface area contributed by atoms with Crippen molar-refractivity contribution in [2.24, 2.45) is 0 Å². The van der Waals surface area contributed by atoms with Crippen LogP contribution < -0.4 is 0 Å². The molecule has 0 saturated heterocycles. The molecule has 1 aromatic carbocycles. The molecule has 0 amide bonds. The van der Waals surface area contributed by atoms with E-state index in [1.54, 1.807) is 29.4 Å². The summed E-state index contributed by atoms with van der Waals surface area (Å²) in [5.74, 6) is 2.47. The molecule has 0 aliphatic carbocycles. The van der Waals surface area contributed by atoms with E-state index in [1.165, 1.54) is 10.6 Å². The van der Waals surface area contributed by atoms with Gasteiger partial charge in [0.05, 0.1) is 29.1 Å². The van der Waals surface area contributed by atoms with E-state index in [9.17, 15) is 0 Å². The molecule has 5 nitrogen and oxygen atoms in total. The molecule has 0 spiro atoms. The molecule has 0 fully saturated rings. The second-order valence-corrected chi connectivity index (χ2v) is 8.42. The van der Waals surface area contributed by atoms with Gasteiger partial charge < -0.3 is 4.42 Å². The molecule has 7 heteroatoms. The molecule has 0 N–H and O–H groups in total.